The van der Waals surface area contributed by atoms with Gasteiger partial charge in [0.2, 0.25) is 5.91 Å². The van der Waals surface area contributed by atoms with Gasteiger partial charge in [0.25, 0.3) is 0 Å². The van der Waals surface area contributed by atoms with Gasteiger partial charge in [-0.3, -0.25) is 9.69 Å². The maximum Gasteiger partial charge on any atom is 0.244 e. The Balaban J connectivity index is 1.44. The minimum Gasteiger partial charge on any atom is -0.489 e. The maximum absolute atomic E-state index is 13.2. The number of amides is 1. The van der Waals surface area contributed by atoms with Crippen LogP contribution in [-0.2, 0) is 11.3 Å². The van der Waals surface area contributed by atoms with Gasteiger partial charge in [-0.25, -0.2) is 4.39 Å². The quantitative estimate of drug-likeness (QED) is 0.664. The van der Waals surface area contributed by atoms with E-state index in [2.05, 4.69) is 22.3 Å². The zero-order valence-corrected chi connectivity index (χ0v) is 17.5. The smallest absolute Gasteiger partial charge is 0.244 e. The Bertz CT molecular complexity index is 837. The summed E-state index contributed by atoms with van der Waals surface area (Å²) in [5, 5.41) is 2.81. The van der Waals surface area contributed by atoms with Crippen molar-refractivity contribution in [3.05, 3.63) is 71.6 Å². The fraction of sp³-hybridized carbons (Fsp3) is 0.348. The molecule has 3 rings (SSSR count). The number of rotatable bonds is 8. The van der Waals surface area contributed by atoms with Crippen LogP contribution in [-0.4, -0.2) is 48.1 Å². The molecule has 1 heterocycles. The molecule has 0 spiro atoms. The Morgan fingerprint density at radius 3 is 2.83 bits per heavy atom. The molecule has 0 aromatic heterocycles. The second-order valence-corrected chi connectivity index (χ2v) is 8.32. The molecule has 1 aliphatic rings. The maximum atomic E-state index is 13.2. The number of nitrogens with zero attached hydrogens (tertiary/aromatic N) is 1. The van der Waals surface area contributed by atoms with Crippen molar-refractivity contribution in [3.63, 3.8) is 0 Å². The molecule has 1 atom stereocenters. The summed E-state index contributed by atoms with van der Waals surface area (Å²) in [7, 11) is 0. The third-order valence-electron chi connectivity index (χ3n) is 4.59. The highest BCUT2D eigenvalue weighted by Gasteiger charge is 2.11. The van der Waals surface area contributed by atoms with Crippen LogP contribution < -0.4 is 10.1 Å². The predicted molar refractivity (Wildman–Crippen MR) is 118 cm³/mol. The van der Waals surface area contributed by atoms with Crippen LogP contribution in [0.3, 0.4) is 0 Å². The highest BCUT2D eigenvalue weighted by molar-refractivity contribution is 7.99. The fourth-order valence-electron chi connectivity index (χ4n) is 3.09. The average molecular weight is 415 g/mol. The van der Waals surface area contributed by atoms with E-state index in [0.717, 1.165) is 25.4 Å². The van der Waals surface area contributed by atoms with Crippen LogP contribution in [0.15, 0.2) is 54.6 Å². The van der Waals surface area contributed by atoms with Gasteiger partial charge in [-0.15, -0.1) is 0 Å². The van der Waals surface area contributed by atoms with Gasteiger partial charge in [0.05, 0.1) is 6.54 Å². The van der Waals surface area contributed by atoms with E-state index < -0.39 is 0 Å². The average Bonchev–Trinajstić information content (AvgIpc) is 2.72. The summed E-state index contributed by atoms with van der Waals surface area (Å²) in [6.45, 7) is 5.50. The van der Waals surface area contributed by atoms with E-state index in [4.69, 9.17) is 4.74 Å². The molecule has 1 N–H and O–H groups in total. The minimum absolute atomic E-state index is 0.164. The van der Waals surface area contributed by atoms with Crippen molar-refractivity contribution in [2.75, 3.05) is 31.1 Å². The molecule has 1 fully saturated rings. The van der Waals surface area contributed by atoms with E-state index in [0.29, 0.717) is 12.1 Å². The molecule has 154 valence electrons. The highest BCUT2D eigenvalue weighted by Crippen LogP contribution is 2.18. The third-order valence-corrected chi connectivity index (χ3v) is 5.53. The zero-order valence-electron chi connectivity index (χ0n) is 16.6. The number of benzene rings is 2. The summed E-state index contributed by atoms with van der Waals surface area (Å²) < 4.78 is 19.1. The molecule has 0 unspecified atom stereocenters. The summed E-state index contributed by atoms with van der Waals surface area (Å²) in [6.07, 6.45) is 2.83. The van der Waals surface area contributed by atoms with E-state index in [9.17, 15) is 9.18 Å². The minimum atomic E-state index is -0.323. The summed E-state index contributed by atoms with van der Waals surface area (Å²) in [5.74, 6) is 2.64. The van der Waals surface area contributed by atoms with Gasteiger partial charge in [0.15, 0.2) is 0 Å². The van der Waals surface area contributed by atoms with Crippen LogP contribution in [0.1, 0.15) is 18.1 Å². The number of hydrogen-bond donors (Lipinski definition) is 1. The third kappa shape index (κ3) is 7.55. The first kappa shape index (κ1) is 21.4. The van der Waals surface area contributed by atoms with Gasteiger partial charge in [0.1, 0.15) is 17.7 Å². The number of halogens is 1. The molecule has 1 aliphatic heterocycles. The Labute approximate surface area is 176 Å². The molecule has 6 heteroatoms. The first-order chi connectivity index (χ1) is 14.1. The second-order valence-electron chi connectivity index (χ2n) is 7.10. The summed E-state index contributed by atoms with van der Waals surface area (Å²) in [5.41, 5.74) is 1.89. The van der Waals surface area contributed by atoms with Crippen molar-refractivity contribution in [1.29, 1.82) is 0 Å². The molecule has 29 heavy (non-hydrogen) atoms. The number of ether oxygens (including phenoxy) is 1. The summed E-state index contributed by atoms with van der Waals surface area (Å²) in [4.78, 5) is 14.4. The van der Waals surface area contributed by atoms with Crippen molar-refractivity contribution in [2.45, 2.75) is 19.6 Å². The zero-order chi connectivity index (χ0) is 20.5. The van der Waals surface area contributed by atoms with Gasteiger partial charge in [-0.05, 0) is 48.4 Å². The van der Waals surface area contributed by atoms with Crippen LogP contribution in [0.4, 0.5) is 4.39 Å². The first-order valence-electron chi connectivity index (χ1n) is 9.86. The molecule has 4 nitrogen and oxygen atoms in total. The Hall–Kier alpha value is -2.31. The molecule has 1 saturated heterocycles. The highest BCUT2D eigenvalue weighted by atomic mass is 32.2. The van der Waals surface area contributed by atoms with Gasteiger partial charge >= 0.3 is 0 Å². The van der Waals surface area contributed by atoms with Crippen LogP contribution in [0.5, 0.6) is 5.75 Å². The van der Waals surface area contributed by atoms with Crippen molar-refractivity contribution >= 4 is 23.7 Å². The summed E-state index contributed by atoms with van der Waals surface area (Å²) >= 11 is 2.01. The molecule has 0 radical (unpaired) electrons. The Morgan fingerprint density at radius 1 is 1.24 bits per heavy atom. The number of hydrogen-bond acceptors (Lipinski definition) is 4. The van der Waals surface area contributed by atoms with E-state index in [1.807, 2.05) is 30.8 Å². The van der Waals surface area contributed by atoms with E-state index in [1.165, 1.54) is 35.3 Å². The Kier molecular flexibility index (Phi) is 8.14. The van der Waals surface area contributed by atoms with Gasteiger partial charge < -0.3 is 10.1 Å². The lowest BCUT2D eigenvalue weighted by molar-refractivity contribution is -0.116. The van der Waals surface area contributed by atoms with Gasteiger partial charge in [-0.1, -0.05) is 24.3 Å². The predicted octanol–water partition coefficient (Wildman–Crippen LogP) is 3.97. The van der Waals surface area contributed by atoms with Crippen LogP contribution in [0.2, 0.25) is 0 Å². The lowest BCUT2D eigenvalue weighted by atomic mass is 10.2. The molecule has 2 aromatic carbocycles. The van der Waals surface area contributed by atoms with Gasteiger partial charge in [-0.2, -0.15) is 11.8 Å². The number of carbonyl (C=O) groups is 1. The van der Waals surface area contributed by atoms with Crippen LogP contribution in [0.25, 0.3) is 6.08 Å². The Morgan fingerprint density at radius 2 is 2.03 bits per heavy atom. The standard InChI is InChI=1S/C23H27FN2O2S/c1-18(16-25-23(27)9-8-19-4-2-6-21(24)14-19)28-22-7-3-5-20(15-22)17-26-10-12-29-13-11-26/h2-9,14-15,18H,10-13,16-17H2,1H3,(H,25,27)/b9-8+/t18-/m0/s1. The molecule has 1 amide bonds. The topological polar surface area (TPSA) is 41.6 Å². The monoisotopic (exact) mass is 414 g/mol. The van der Waals surface area contributed by atoms with Crippen molar-refractivity contribution in [1.82, 2.24) is 10.2 Å². The molecular weight excluding hydrogens is 387 g/mol. The molecule has 2 aromatic rings. The molecule has 0 bridgehead atoms. The van der Waals surface area contributed by atoms with E-state index in [1.54, 1.807) is 18.2 Å². The van der Waals surface area contributed by atoms with Crippen molar-refractivity contribution in [2.24, 2.45) is 0 Å². The van der Waals surface area contributed by atoms with Crippen molar-refractivity contribution < 1.29 is 13.9 Å². The molecule has 0 saturated carbocycles. The van der Waals surface area contributed by atoms with Crippen LogP contribution in [0, 0.1) is 5.82 Å². The molecule has 0 aliphatic carbocycles. The molecular formula is C23H27FN2O2S. The fourth-order valence-corrected chi connectivity index (χ4v) is 4.07. The summed E-state index contributed by atoms with van der Waals surface area (Å²) in [6, 6.07) is 14.3. The lowest BCUT2D eigenvalue weighted by Crippen LogP contribution is -2.32. The number of carbonyl (C=O) groups excluding carboxylic acids is 1. The van der Waals surface area contributed by atoms with Gasteiger partial charge in [0, 0.05) is 37.2 Å². The van der Waals surface area contributed by atoms with Crippen LogP contribution >= 0.6 is 11.8 Å². The van der Waals surface area contributed by atoms with Crippen molar-refractivity contribution in [3.8, 4) is 5.75 Å². The largest absolute Gasteiger partial charge is 0.489 e. The number of nitrogens with one attached hydrogen (secondary N) is 1. The SMILES string of the molecule is C[C@@H](CNC(=O)/C=C/c1cccc(F)c1)Oc1cccc(CN2CCSCC2)c1. The normalized spacial score (nSPS) is 15.9. The lowest BCUT2D eigenvalue weighted by Gasteiger charge is -2.26. The second kappa shape index (κ2) is 11.0. The van der Waals surface area contributed by atoms with E-state index >= 15 is 0 Å². The first-order valence-corrected chi connectivity index (χ1v) is 11.0. The number of thioether (sulfide) groups is 1. The van der Waals surface area contributed by atoms with E-state index in [-0.39, 0.29) is 17.8 Å².